The van der Waals surface area contributed by atoms with Gasteiger partial charge in [0.1, 0.15) is 0 Å². The number of nitrogens with one attached hydrogen (secondary N) is 2. The van der Waals surface area contributed by atoms with Crippen molar-refractivity contribution in [2.45, 2.75) is 13.0 Å². The second-order valence-corrected chi connectivity index (χ2v) is 6.24. The fourth-order valence-corrected chi connectivity index (χ4v) is 2.97. The van der Waals surface area contributed by atoms with Gasteiger partial charge in [0.2, 0.25) is 0 Å². The van der Waals surface area contributed by atoms with Gasteiger partial charge in [-0.25, -0.2) is 0 Å². The lowest BCUT2D eigenvalue weighted by molar-refractivity contribution is 0.322. The van der Waals surface area contributed by atoms with Gasteiger partial charge >= 0.3 is 0 Å². The van der Waals surface area contributed by atoms with Crippen molar-refractivity contribution in [2.24, 2.45) is 5.92 Å². The van der Waals surface area contributed by atoms with Gasteiger partial charge in [-0.1, -0.05) is 0 Å². The molecule has 2 nitrogen and oxygen atoms in total. The minimum atomic E-state index is 0.914. The predicted octanol–water partition coefficient (Wildman–Crippen LogP) is 2.21. The molecule has 0 bridgehead atoms. The second-order valence-electron chi connectivity index (χ2n) is 3.70. The Morgan fingerprint density at radius 3 is 2.93 bits per heavy atom. The monoisotopic (exact) mass is 274 g/mol. The fraction of sp³-hybridized carbons (Fsp3) is 0.600. The molecule has 1 aliphatic heterocycles. The zero-order valence-corrected chi connectivity index (χ0v) is 10.5. The second kappa shape index (κ2) is 5.26. The van der Waals surface area contributed by atoms with E-state index in [2.05, 4.69) is 38.7 Å². The first-order valence-electron chi connectivity index (χ1n) is 5.00. The zero-order valence-electron chi connectivity index (χ0n) is 8.05. The molecule has 14 heavy (non-hydrogen) atoms. The van der Waals surface area contributed by atoms with Crippen LogP contribution in [0.15, 0.2) is 15.9 Å². The summed E-state index contributed by atoms with van der Waals surface area (Å²) in [6.07, 6.45) is 1.31. The Morgan fingerprint density at radius 1 is 1.50 bits per heavy atom. The van der Waals surface area contributed by atoms with Crippen molar-refractivity contribution in [3.8, 4) is 0 Å². The van der Waals surface area contributed by atoms with Gasteiger partial charge < -0.3 is 10.6 Å². The summed E-state index contributed by atoms with van der Waals surface area (Å²) in [4.78, 5) is 1.41. The molecular weight excluding hydrogens is 260 g/mol. The van der Waals surface area contributed by atoms with Crippen LogP contribution in [0.2, 0.25) is 0 Å². The normalized spacial score (nSPS) is 16.9. The van der Waals surface area contributed by atoms with E-state index in [9.17, 15) is 0 Å². The highest BCUT2D eigenvalue weighted by atomic mass is 79.9. The standard InChI is InChI=1S/C10H15BrN2S/c11-10-2-1-9(14-10)7-12-4-3-8-5-13-6-8/h1-2,8,12-13H,3-7H2. The minimum absolute atomic E-state index is 0.914. The first-order chi connectivity index (χ1) is 6.84. The molecule has 0 radical (unpaired) electrons. The van der Waals surface area contributed by atoms with Crippen LogP contribution in [0.1, 0.15) is 11.3 Å². The van der Waals surface area contributed by atoms with E-state index < -0.39 is 0 Å². The lowest BCUT2D eigenvalue weighted by atomic mass is 10.00. The number of thiophene rings is 1. The van der Waals surface area contributed by atoms with E-state index in [4.69, 9.17) is 0 Å². The highest BCUT2D eigenvalue weighted by Crippen LogP contribution is 2.21. The summed E-state index contributed by atoms with van der Waals surface area (Å²) in [6.45, 7) is 4.58. The van der Waals surface area contributed by atoms with E-state index in [1.807, 2.05) is 11.3 Å². The molecule has 0 saturated carbocycles. The lowest BCUT2D eigenvalue weighted by Crippen LogP contribution is -2.43. The molecule has 1 aliphatic rings. The van der Waals surface area contributed by atoms with Crippen molar-refractivity contribution in [2.75, 3.05) is 19.6 Å². The summed E-state index contributed by atoms with van der Waals surface area (Å²) in [7, 11) is 0. The molecule has 0 aromatic carbocycles. The van der Waals surface area contributed by atoms with Gasteiger partial charge in [-0.15, -0.1) is 11.3 Å². The highest BCUT2D eigenvalue weighted by molar-refractivity contribution is 9.11. The van der Waals surface area contributed by atoms with Crippen LogP contribution in [-0.4, -0.2) is 19.6 Å². The van der Waals surface area contributed by atoms with Crippen molar-refractivity contribution in [1.29, 1.82) is 0 Å². The molecule has 0 spiro atoms. The Hall–Kier alpha value is 0.1000. The van der Waals surface area contributed by atoms with Crippen LogP contribution in [-0.2, 0) is 6.54 Å². The third-order valence-electron chi connectivity index (χ3n) is 2.52. The smallest absolute Gasteiger partial charge is 0.0701 e. The molecule has 2 heterocycles. The van der Waals surface area contributed by atoms with E-state index in [1.165, 1.54) is 28.2 Å². The topological polar surface area (TPSA) is 24.1 Å². The Balaban J connectivity index is 1.58. The van der Waals surface area contributed by atoms with Crippen LogP contribution in [0.25, 0.3) is 0 Å². The average Bonchev–Trinajstić information content (AvgIpc) is 2.48. The number of hydrogen-bond donors (Lipinski definition) is 2. The third-order valence-corrected chi connectivity index (χ3v) is 4.15. The molecule has 1 aromatic rings. The summed E-state index contributed by atoms with van der Waals surface area (Å²) < 4.78 is 1.22. The molecule has 2 N–H and O–H groups in total. The maximum Gasteiger partial charge on any atom is 0.0701 e. The van der Waals surface area contributed by atoms with Gasteiger partial charge in [0, 0.05) is 11.4 Å². The van der Waals surface area contributed by atoms with E-state index in [-0.39, 0.29) is 0 Å². The van der Waals surface area contributed by atoms with Gasteiger partial charge in [-0.2, -0.15) is 0 Å². The van der Waals surface area contributed by atoms with Crippen molar-refractivity contribution >= 4 is 27.3 Å². The summed E-state index contributed by atoms with van der Waals surface area (Å²) in [6, 6.07) is 4.28. The summed E-state index contributed by atoms with van der Waals surface area (Å²) >= 11 is 5.28. The largest absolute Gasteiger partial charge is 0.316 e. The Labute approximate surface area is 97.2 Å². The Kier molecular flexibility index (Phi) is 3.99. The van der Waals surface area contributed by atoms with Crippen molar-refractivity contribution < 1.29 is 0 Å². The van der Waals surface area contributed by atoms with Crippen molar-refractivity contribution in [3.05, 3.63) is 20.8 Å². The van der Waals surface area contributed by atoms with Crippen LogP contribution < -0.4 is 10.6 Å². The van der Waals surface area contributed by atoms with E-state index in [0.717, 1.165) is 19.0 Å². The maximum atomic E-state index is 3.48. The van der Waals surface area contributed by atoms with Gasteiger partial charge in [0.15, 0.2) is 0 Å². The highest BCUT2D eigenvalue weighted by Gasteiger charge is 2.15. The summed E-state index contributed by atoms with van der Waals surface area (Å²) in [5.74, 6) is 0.914. The van der Waals surface area contributed by atoms with Gasteiger partial charge in [0.05, 0.1) is 3.79 Å². The molecule has 2 rings (SSSR count). The zero-order chi connectivity index (χ0) is 9.80. The van der Waals surface area contributed by atoms with Crippen LogP contribution in [0, 0.1) is 5.92 Å². The average molecular weight is 275 g/mol. The Bertz CT molecular complexity index is 283. The van der Waals surface area contributed by atoms with Crippen LogP contribution in [0.5, 0.6) is 0 Å². The molecule has 1 saturated heterocycles. The molecule has 78 valence electrons. The van der Waals surface area contributed by atoms with Crippen molar-refractivity contribution in [3.63, 3.8) is 0 Å². The van der Waals surface area contributed by atoms with E-state index in [1.54, 1.807) is 0 Å². The fourth-order valence-electron chi connectivity index (χ4n) is 1.52. The SMILES string of the molecule is Brc1ccc(CNCCC2CNC2)s1. The molecule has 4 heteroatoms. The van der Waals surface area contributed by atoms with Gasteiger partial charge in [0.25, 0.3) is 0 Å². The van der Waals surface area contributed by atoms with Gasteiger partial charge in [-0.05, 0) is 60.0 Å². The number of rotatable bonds is 5. The van der Waals surface area contributed by atoms with Crippen LogP contribution in [0.3, 0.4) is 0 Å². The molecule has 1 aromatic heterocycles. The number of hydrogen-bond acceptors (Lipinski definition) is 3. The molecule has 0 amide bonds. The van der Waals surface area contributed by atoms with Gasteiger partial charge in [-0.3, -0.25) is 0 Å². The van der Waals surface area contributed by atoms with Crippen LogP contribution in [0.4, 0.5) is 0 Å². The molecular formula is C10H15BrN2S. The first kappa shape index (κ1) is 10.6. The first-order valence-corrected chi connectivity index (χ1v) is 6.61. The van der Waals surface area contributed by atoms with Crippen LogP contribution >= 0.6 is 27.3 Å². The minimum Gasteiger partial charge on any atom is -0.316 e. The number of halogens is 1. The predicted molar refractivity (Wildman–Crippen MR) is 64.7 cm³/mol. The molecule has 0 atom stereocenters. The molecule has 1 fully saturated rings. The quantitative estimate of drug-likeness (QED) is 0.805. The summed E-state index contributed by atoms with van der Waals surface area (Å²) in [5, 5.41) is 6.77. The van der Waals surface area contributed by atoms with Crippen molar-refractivity contribution in [1.82, 2.24) is 10.6 Å². The molecule has 0 unspecified atom stereocenters. The lowest BCUT2D eigenvalue weighted by Gasteiger charge is -2.26. The maximum absolute atomic E-state index is 3.48. The summed E-state index contributed by atoms with van der Waals surface area (Å²) in [5.41, 5.74) is 0. The Morgan fingerprint density at radius 2 is 2.36 bits per heavy atom. The third kappa shape index (κ3) is 3.05. The van der Waals surface area contributed by atoms with E-state index in [0.29, 0.717) is 0 Å². The van der Waals surface area contributed by atoms with E-state index >= 15 is 0 Å². The molecule has 0 aliphatic carbocycles.